The molecule has 0 N–H and O–H groups in total. The van der Waals surface area contributed by atoms with Crippen molar-refractivity contribution in [3.05, 3.63) is 70.7 Å². The van der Waals surface area contributed by atoms with Crippen LogP contribution in [0, 0.1) is 10.1 Å². The summed E-state index contributed by atoms with van der Waals surface area (Å²) in [6.45, 7) is 1.31. The molecule has 0 fully saturated rings. The Morgan fingerprint density at radius 1 is 1.11 bits per heavy atom. The molecule has 3 aromatic rings. The van der Waals surface area contributed by atoms with Crippen LogP contribution in [-0.2, 0) is 11.3 Å². The SMILES string of the molecule is O=C(OCCCCCCCn1ccc2cc([N+](=O)[O-])ccc21)c1cccnc1. The predicted molar refractivity (Wildman–Crippen MR) is 106 cm³/mol. The van der Waals surface area contributed by atoms with Crippen LogP contribution < -0.4 is 0 Å². The molecule has 7 heteroatoms. The van der Waals surface area contributed by atoms with E-state index < -0.39 is 0 Å². The van der Waals surface area contributed by atoms with Crippen LogP contribution >= 0.6 is 0 Å². The molecule has 2 aromatic heterocycles. The number of aromatic nitrogens is 2. The first-order valence-electron chi connectivity index (χ1n) is 9.45. The number of carbonyl (C=O) groups excluding carboxylic acids is 1. The molecule has 3 rings (SSSR count). The molecule has 7 nitrogen and oxygen atoms in total. The zero-order valence-corrected chi connectivity index (χ0v) is 15.6. The Kier molecular flexibility index (Phi) is 6.73. The fourth-order valence-electron chi connectivity index (χ4n) is 3.14. The molecule has 0 saturated heterocycles. The largest absolute Gasteiger partial charge is 0.462 e. The normalized spacial score (nSPS) is 10.9. The molecule has 0 radical (unpaired) electrons. The number of nitro benzene ring substituents is 1. The van der Waals surface area contributed by atoms with E-state index in [0.29, 0.717) is 12.2 Å². The van der Waals surface area contributed by atoms with E-state index in [0.717, 1.165) is 49.6 Å². The Morgan fingerprint density at radius 2 is 1.93 bits per heavy atom. The topological polar surface area (TPSA) is 87.3 Å². The fourth-order valence-corrected chi connectivity index (χ4v) is 3.14. The van der Waals surface area contributed by atoms with E-state index in [1.807, 2.05) is 18.3 Å². The lowest BCUT2D eigenvalue weighted by atomic mass is 10.1. The van der Waals surface area contributed by atoms with Gasteiger partial charge in [0.15, 0.2) is 0 Å². The van der Waals surface area contributed by atoms with Crippen molar-refractivity contribution in [1.29, 1.82) is 0 Å². The molecule has 28 heavy (non-hydrogen) atoms. The number of esters is 1. The van der Waals surface area contributed by atoms with Gasteiger partial charge in [0.1, 0.15) is 0 Å². The lowest BCUT2D eigenvalue weighted by Crippen LogP contribution is -2.06. The third-order valence-electron chi connectivity index (χ3n) is 4.64. The van der Waals surface area contributed by atoms with Gasteiger partial charge in [-0.15, -0.1) is 0 Å². The van der Waals surface area contributed by atoms with Gasteiger partial charge in [-0.05, 0) is 37.1 Å². The zero-order chi connectivity index (χ0) is 19.8. The Labute approximate surface area is 163 Å². The number of rotatable bonds is 10. The number of aryl methyl sites for hydroxylation is 1. The van der Waals surface area contributed by atoms with Gasteiger partial charge in [-0.1, -0.05) is 19.3 Å². The summed E-state index contributed by atoms with van der Waals surface area (Å²) in [4.78, 5) is 26.2. The highest BCUT2D eigenvalue weighted by molar-refractivity contribution is 5.88. The van der Waals surface area contributed by atoms with E-state index >= 15 is 0 Å². The predicted octanol–water partition coefficient (Wildman–Crippen LogP) is 4.75. The maximum atomic E-state index is 11.8. The molecule has 0 amide bonds. The number of fused-ring (bicyclic) bond motifs is 1. The van der Waals surface area contributed by atoms with Crippen molar-refractivity contribution in [2.45, 2.75) is 38.6 Å². The Balaban J connectivity index is 1.31. The first kappa shape index (κ1) is 19.5. The number of nitro groups is 1. The van der Waals surface area contributed by atoms with Gasteiger partial charge < -0.3 is 9.30 Å². The van der Waals surface area contributed by atoms with Crippen LogP contribution in [0.15, 0.2) is 55.0 Å². The van der Waals surface area contributed by atoms with Crippen LogP contribution in [0.2, 0.25) is 0 Å². The van der Waals surface area contributed by atoms with E-state index in [1.54, 1.807) is 30.5 Å². The molecule has 1 aromatic carbocycles. The molecule has 0 unspecified atom stereocenters. The minimum atomic E-state index is -0.370. The molecule has 146 valence electrons. The van der Waals surface area contributed by atoms with Gasteiger partial charge in [-0.3, -0.25) is 15.1 Å². The number of non-ortho nitro benzene ring substituents is 1. The zero-order valence-electron chi connectivity index (χ0n) is 15.6. The number of pyridine rings is 1. The van der Waals surface area contributed by atoms with Crippen LogP contribution in [0.5, 0.6) is 0 Å². The van der Waals surface area contributed by atoms with Gasteiger partial charge in [-0.25, -0.2) is 4.79 Å². The summed E-state index contributed by atoms with van der Waals surface area (Å²) in [5.74, 6) is -0.326. The third-order valence-corrected chi connectivity index (χ3v) is 4.64. The second-order valence-corrected chi connectivity index (χ2v) is 6.65. The molecule has 2 heterocycles. The van der Waals surface area contributed by atoms with Crippen LogP contribution in [0.3, 0.4) is 0 Å². The summed E-state index contributed by atoms with van der Waals surface area (Å²) in [6, 6.07) is 10.3. The van der Waals surface area contributed by atoms with Gasteiger partial charge >= 0.3 is 5.97 Å². The lowest BCUT2D eigenvalue weighted by Gasteiger charge is -2.06. The third kappa shape index (κ3) is 5.16. The maximum absolute atomic E-state index is 11.8. The van der Waals surface area contributed by atoms with Gasteiger partial charge in [0, 0.05) is 48.2 Å². The van der Waals surface area contributed by atoms with E-state index in [1.165, 1.54) is 6.20 Å². The van der Waals surface area contributed by atoms with Crippen molar-refractivity contribution in [1.82, 2.24) is 9.55 Å². The van der Waals surface area contributed by atoms with E-state index in [4.69, 9.17) is 4.74 Å². The second kappa shape index (κ2) is 9.64. The number of ether oxygens (including phenoxy) is 1. The van der Waals surface area contributed by atoms with Crippen molar-refractivity contribution in [2.75, 3.05) is 6.61 Å². The first-order chi connectivity index (χ1) is 13.6. The number of unbranched alkanes of at least 4 members (excludes halogenated alkanes) is 4. The Hall–Kier alpha value is -3.22. The smallest absolute Gasteiger partial charge is 0.339 e. The minimum absolute atomic E-state index is 0.120. The van der Waals surface area contributed by atoms with Gasteiger partial charge in [0.05, 0.1) is 17.1 Å². The minimum Gasteiger partial charge on any atom is -0.462 e. The average Bonchev–Trinajstić information content (AvgIpc) is 3.12. The summed E-state index contributed by atoms with van der Waals surface area (Å²) in [6.07, 6.45) is 10.2. The van der Waals surface area contributed by atoms with Crippen LogP contribution in [0.25, 0.3) is 10.9 Å². The van der Waals surface area contributed by atoms with Gasteiger partial charge in [-0.2, -0.15) is 0 Å². The van der Waals surface area contributed by atoms with Crippen molar-refractivity contribution < 1.29 is 14.5 Å². The van der Waals surface area contributed by atoms with E-state index in [-0.39, 0.29) is 16.6 Å². The molecule has 0 aliphatic carbocycles. The lowest BCUT2D eigenvalue weighted by molar-refractivity contribution is -0.384. The molecule has 0 bridgehead atoms. The number of nitrogens with zero attached hydrogens (tertiary/aromatic N) is 3. The van der Waals surface area contributed by atoms with E-state index in [2.05, 4.69) is 9.55 Å². The van der Waals surface area contributed by atoms with Crippen molar-refractivity contribution in [3.63, 3.8) is 0 Å². The van der Waals surface area contributed by atoms with Crippen molar-refractivity contribution in [3.8, 4) is 0 Å². The Morgan fingerprint density at radius 3 is 2.71 bits per heavy atom. The summed E-state index contributed by atoms with van der Waals surface area (Å²) in [5.41, 5.74) is 1.62. The highest BCUT2D eigenvalue weighted by Gasteiger charge is 2.09. The van der Waals surface area contributed by atoms with E-state index in [9.17, 15) is 14.9 Å². The molecule has 0 aliphatic rings. The number of hydrogen-bond donors (Lipinski definition) is 0. The summed E-state index contributed by atoms with van der Waals surface area (Å²) < 4.78 is 7.37. The molecule has 0 saturated carbocycles. The highest BCUT2D eigenvalue weighted by Crippen LogP contribution is 2.22. The van der Waals surface area contributed by atoms with Crippen LogP contribution in [0.4, 0.5) is 5.69 Å². The number of carbonyl (C=O) groups is 1. The second-order valence-electron chi connectivity index (χ2n) is 6.65. The summed E-state index contributed by atoms with van der Waals surface area (Å²) in [7, 11) is 0. The van der Waals surface area contributed by atoms with Crippen LogP contribution in [0.1, 0.15) is 42.5 Å². The van der Waals surface area contributed by atoms with Crippen molar-refractivity contribution in [2.24, 2.45) is 0 Å². The quantitative estimate of drug-likeness (QED) is 0.219. The van der Waals surface area contributed by atoms with Crippen LogP contribution in [-0.4, -0.2) is 27.1 Å². The fraction of sp³-hybridized carbons (Fsp3) is 0.333. The molecular formula is C21H23N3O4. The standard InChI is InChI=1S/C21H23N3O4/c25-21(18-7-6-11-22-16-18)28-14-5-3-1-2-4-12-23-13-10-17-15-19(24(26)27)8-9-20(17)23/h6-11,13,15-16H,1-5,12,14H2. The maximum Gasteiger partial charge on any atom is 0.339 e. The summed E-state index contributed by atoms with van der Waals surface area (Å²) in [5, 5.41) is 11.7. The molecule has 0 spiro atoms. The Bertz CT molecular complexity index is 937. The number of hydrogen-bond acceptors (Lipinski definition) is 5. The molecule has 0 aliphatic heterocycles. The monoisotopic (exact) mass is 381 g/mol. The van der Waals surface area contributed by atoms with Crippen molar-refractivity contribution >= 4 is 22.6 Å². The highest BCUT2D eigenvalue weighted by atomic mass is 16.6. The first-order valence-corrected chi connectivity index (χ1v) is 9.45. The average molecular weight is 381 g/mol. The van der Waals surface area contributed by atoms with Gasteiger partial charge in [0.25, 0.3) is 5.69 Å². The summed E-state index contributed by atoms with van der Waals surface area (Å²) >= 11 is 0. The molecular weight excluding hydrogens is 358 g/mol. The number of benzene rings is 1. The molecule has 0 atom stereocenters. The van der Waals surface area contributed by atoms with Gasteiger partial charge in [0.2, 0.25) is 0 Å².